The van der Waals surface area contributed by atoms with Crippen LogP contribution in [0.4, 0.5) is 4.39 Å². The van der Waals surface area contributed by atoms with Crippen LogP contribution in [0.5, 0.6) is 0 Å². The van der Waals surface area contributed by atoms with Crippen LogP contribution in [0.25, 0.3) is 0 Å². The van der Waals surface area contributed by atoms with Crippen LogP contribution in [0.3, 0.4) is 0 Å². The Hall–Kier alpha value is -1.39. The zero-order valence-electron chi connectivity index (χ0n) is 8.85. The minimum atomic E-state index is -1.14. The molecule has 82 valence electrons. The standard InChI is InChI=1S/C10H14FN3O/c1-7(2)13-5-8(11)9-3-4-12-14(9)6-10(13)15/h3-4,7-8H,5-6H2,1-2H3. The molecule has 0 aromatic carbocycles. The Balaban J connectivity index is 2.30. The van der Waals surface area contributed by atoms with Crippen molar-refractivity contribution < 1.29 is 9.18 Å². The number of hydrogen-bond donors (Lipinski definition) is 0. The first-order valence-electron chi connectivity index (χ1n) is 5.05. The van der Waals surface area contributed by atoms with Crippen LogP contribution in [-0.2, 0) is 11.3 Å². The molecule has 1 aromatic heterocycles. The van der Waals surface area contributed by atoms with E-state index in [1.54, 1.807) is 11.0 Å². The summed E-state index contributed by atoms with van der Waals surface area (Å²) >= 11 is 0. The summed E-state index contributed by atoms with van der Waals surface area (Å²) in [5.41, 5.74) is 0.492. The maximum atomic E-state index is 13.8. The van der Waals surface area contributed by atoms with E-state index in [0.29, 0.717) is 5.69 Å². The van der Waals surface area contributed by atoms with Crippen LogP contribution in [0.1, 0.15) is 25.7 Å². The van der Waals surface area contributed by atoms with E-state index in [0.717, 1.165) is 0 Å². The average Bonchev–Trinajstić information content (AvgIpc) is 2.56. The van der Waals surface area contributed by atoms with E-state index in [1.165, 1.54) is 10.9 Å². The van der Waals surface area contributed by atoms with Gasteiger partial charge in [0.1, 0.15) is 6.54 Å². The predicted molar refractivity (Wildman–Crippen MR) is 52.9 cm³/mol. The van der Waals surface area contributed by atoms with Gasteiger partial charge in [-0.1, -0.05) is 0 Å². The lowest BCUT2D eigenvalue weighted by Crippen LogP contribution is -2.39. The molecule has 1 aliphatic heterocycles. The SMILES string of the molecule is CC(C)N1CC(F)c2ccnn2CC1=O. The average molecular weight is 211 g/mol. The van der Waals surface area contributed by atoms with Gasteiger partial charge in [-0.05, 0) is 19.9 Å². The van der Waals surface area contributed by atoms with Crippen molar-refractivity contribution in [2.45, 2.75) is 32.6 Å². The van der Waals surface area contributed by atoms with E-state index < -0.39 is 6.17 Å². The third kappa shape index (κ3) is 1.73. The van der Waals surface area contributed by atoms with Crippen LogP contribution in [0, 0.1) is 0 Å². The molecule has 0 fully saturated rings. The van der Waals surface area contributed by atoms with Crippen LogP contribution in [0.15, 0.2) is 12.3 Å². The minimum Gasteiger partial charge on any atom is -0.335 e. The number of hydrogen-bond acceptors (Lipinski definition) is 2. The highest BCUT2D eigenvalue weighted by Gasteiger charge is 2.29. The van der Waals surface area contributed by atoms with Crippen molar-refractivity contribution >= 4 is 5.91 Å². The molecule has 2 heterocycles. The molecule has 0 N–H and O–H groups in total. The van der Waals surface area contributed by atoms with Crippen molar-refractivity contribution in [3.05, 3.63) is 18.0 Å². The zero-order valence-corrected chi connectivity index (χ0v) is 8.85. The molecule has 0 saturated carbocycles. The van der Waals surface area contributed by atoms with Gasteiger partial charge in [-0.2, -0.15) is 5.10 Å². The van der Waals surface area contributed by atoms with E-state index >= 15 is 0 Å². The van der Waals surface area contributed by atoms with Gasteiger partial charge in [0.2, 0.25) is 5.91 Å². The summed E-state index contributed by atoms with van der Waals surface area (Å²) in [4.78, 5) is 13.3. The van der Waals surface area contributed by atoms with E-state index in [4.69, 9.17) is 0 Å². The molecule has 0 radical (unpaired) electrons. The third-order valence-corrected chi connectivity index (χ3v) is 2.66. The van der Waals surface area contributed by atoms with Gasteiger partial charge < -0.3 is 4.90 Å². The minimum absolute atomic E-state index is 0.0281. The fraction of sp³-hybridized carbons (Fsp3) is 0.600. The molecule has 0 spiro atoms. The molecule has 5 heteroatoms. The first-order chi connectivity index (χ1) is 7.09. The van der Waals surface area contributed by atoms with Gasteiger partial charge in [0.25, 0.3) is 0 Å². The van der Waals surface area contributed by atoms with Crippen LogP contribution in [-0.4, -0.2) is 33.2 Å². The lowest BCUT2D eigenvalue weighted by atomic mass is 10.2. The number of rotatable bonds is 1. The van der Waals surface area contributed by atoms with Crippen molar-refractivity contribution in [3.8, 4) is 0 Å². The summed E-state index contributed by atoms with van der Waals surface area (Å²) in [7, 11) is 0. The Labute approximate surface area is 87.7 Å². The molecule has 0 bridgehead atoms. The smallest absolute Gasteiger partial charge is 0.244 e. The monoisotopic (exact) mass is 211 g/mol. The summed E-state index contributed by atoms with van der Waals surface area (Å²) in [5.74, 6) is -0.0740. The molecule has 1 amide bonds. The number of carbonyl (C=O) groups excluding carboxylic acids is 1. The van der Waals surface area contributed by atoms with E-state index in [2.05, 4.69) is 5.10 Å². The maximum Gasteiger partial charge on any atom is 0.244 e. The van der Waals surface area contributed by atoms with Crippen LogP contribution < -0.4 is 0 Å². The fourth-order valence-electron chi connectivity index (χ4n) is 1.83. The largest absolute Gasteiger partial charge is 0.335 e. The Bertz CT molecular complexity index is 374. The van der Waals surface area contributed by atoms with Gasteiger partial charge in [0, 0.05) is 12.2 Å². The molecule has 1 atom stereocenters. The number of carbonyl (C=O) groups is 1. The number of aromatic nitrogens is 2. The molecule has 1 aromatic rings. The molecule has 2 rings (SSSR count). The van der Waals surface area contributed by atoms with Crippen molar-refractivity contribution in [3.63, 3.8) is 0 Å². The summed E-state index contributed by atoms with van der Waals surface area (Å²) in [6, 6.07) is 1.65. The van der Waals surface area contributed by atoms with Gasteiger partial charge in [0.05, 0.1) is 12.2 Å². The Morgan fingerprint density at radius 3 is 3.00 bits per heavy atom. The summed E-state index contributed by atoms with van der Waals surface area (Å²) < 4.78 is 15.2. The molecule has 1 aliphatic rings. The Morgan fingerprint density at radius 1 is 1.60 bits per heavy atom. The highest BCUT2D eigenvalue weighted by molar-refractivity contribution is 5.76. The Morgan fingerprint density at radius 2 is 2.33 bits per heavy atom. The highest BCUT2D eigenvalue weighted by Crippen LogP contribution is 2.22. The van der Waals surface area contributed by atoms with Crippen molar-refractivity contribution in [2.24, 2.45) is 0 Å². The van der Waals surface area contributed by atoms with Crippen molar-refractivity contribution in [1.82, 2.24) is 14.7 Å². The van der Waals surface area contributed by atoms with Gasteiger partial charge >= 0.3 is 0 Å². The van der Waals surface area contributed by atoms with Gasteiger partial charge in [0.15, 0.2) is 6.17 Å². The number of halogens is 1. The van der Waals surface area contributed by atoms with Gasteiger partial charge in [-0.15, -0.1) is 0 Å². The number of amides is 1. The molecular formula is C10H14FN3O. The lowest BCUT2D eigenvalue weighted by Gasteiger charge is -2.25. The van der Waals surface area contributed by atoms with E-state index in [1.807, 2.05) is 13.8 Å². The van der Waals surface area contributed by atoms with Gasteiger partial charge in [-0.25, -0.2) is 4.39 Å². The number of nitrogens with zero attached hydrogens (tertiary/aromatic N) is 3. The number of alkyl halides is 1. The fourth-order valence-corrected chi connectivity index (χ4v) is 1.83. The molecular weight excluding hydrogens is 197 g/mol. The van der Waals surface area contributed by atoms with Gasteiger partial charge in [-0.3, -0.25) is 9.48 Å². The van der Waals surface area contributed by atoms with E-state index in [9.17, 15) is 9.18 Å². The second-order valence-electron chi connectivity index (χ2n) is 4.02. The third-order valence-electron chi connectivity index (χ3n) is 2.66. The van der Waals surface area contributed by atoms with Crippen LogP contribution in [0.2, 0.25) is 0 Å². The Kier molecular flexibility index (Phi) is 2.46. The molecule has 0 saturated heterocycles. The summed E-state index contributed by atoms with van der Waals surface area (Å²) in [5, 5.41) is 3.94. The second kappa shape index (κ2) is 3.64. The molecule has 1 unspecified atom stereocenters. The maximum absolute atomic E-state index is 13.8. The highest BCUT2D eigenvalue weighted by atomic mass is 19.1. The van der Waals surface area contributed by atoms with Crippen molar-refractivity contribution in [2.75, 3.05) is 6.54 Å². The molecule has 0 aliphatic carbocycles. The number of fused-ring (bicyclic) bond motifs is 1. The molecule has 15 heavy (non-hydrogen) atoms. The quantitative estimate of drug-likeness (QED) is 0.698. The first kappa shape index (κ1) is 10.1. The topological polar surface area (TPSA) is 38.1 Å². The van der Waals surface area contributed by atoms with Crippen molar-refractivity contribution in [1.29, 1.82) is 0 Å². The van der Waals surface area contributed by atoms with E-state index in [-0.39, 0.29) is 25.0 Å². The zero-order chi connectivity index (χ0) is 11.0. The summed E-state index contributed by atoms with van der Waals surface area (Å²) in [6.07, 6.45) is 0.390. The summed E-state index contributed by atoms with van der Waals surface area (Å²) in [6.45, 7) is 4.04. The predicted octanol–water partition coefficient (Wildman–Crippen LogP) is 1.14. The first-order valence-corrected chi connectivity index (χ1v) is 5.05. The van der Waals surface area contributed by atoms with Crippen LogP contribution >= 0.6 is 0 Å². The molecule has 4 nitrogen and oxygen atoms in total. The lowest BCUT2D eigenvalue weighted by molar-refractivity contribution is -0.133. The normalized spacial score (nSPS) is 21.7. The second-order valence-corrected chi connectivity index (χ2v) is 4.02.